The summed E-state index contributed by atoms with van der Waals surface area (Å²) in [4.78, 5) is 42.1. The van der Waals surface area contributed by atoms with E-state index in [1.54, 1.807) is 24.3 Å². The van der Waals surface area contributed by atoms with Gasteiger partial charge in [0.05, 0.1) is 30.7 Å². The molecule has 0 radical (unpaired) electrons. The van der Waals surface area contributed by atoms with Crippen molar-refractivity contribution >= 4 is 23.4 Å². The van der Waals surface area contributed by atoms with Crippen LogP contribution in [0, 0.1) is 11.8 Å². The normalized spacial score (nSPS) is 31.9. The molecule has 3 fully saturated rings. The van der Waals surface area contributed by atoms with E-state index in [4.69, 9.17) is 9.47 Å². The minimum Gasteiger partial charge on any atom is -0.494 e. The first-order valence-electron chi connectivity index (χ1n) is 12.7. The van der Waals surface area contributed by atoms with Crippen LogP contribution < -0.4 is 15.4 Å². The number of likely N-dealkylation sites (tertiary alicyclic amines) is 1. The Bertz CT molecular complexity index is 968. The van der Waals surface area contributed by atoms with Crippen molar-refractivity contribution in [2.45, 2.75) is 76.7 Å². The van der Waals surface area contributed by atoms with Crippen LogP contribution in [-0.4, -0.2) is 70.8 Å². The molecule has 3 amide bonds. The lowest BCUT2D eigenvalue weighted by Gasteiger charge is -2.34. The van der Waals surface area contributed by atoms with Crippen molar-refractivity contribution in [1.82, 2.24) is 10.2 Å². The van der Waals surface area contributed by atoms with Gasteiger partial charge in [0.25, 0.3) is 0 Å². The molecule has 1 spiro atoms. The van der Waals surface area contributed by atoms with Crippen LogP contribution >= 0.6 is 0 Å². The Morgan fingerprint density at radius 2 is 1.94 bits per heavy atom. The lowest BCUT2D eigenvalue weighted by Crippen LogP contribution is -2.56. The zero-order chi connectivity index (χ0) is 25.4. The minimum absolute atomic E-state index is 0.0185. The van der Waals surface area contributed by atoms with Crippen LogP contribution in [0.15, 0.2) is 24.3 Å². The Balaban J connectivity index is 1.62. The molecule has 3 N–H and O–H groups in total. The van der Waals surface area contributed by atoms with Crippen LogP contribution in [-0.2, 0) is 19.1 Å². The maximum atomic E-state index is 13.7. The van der Waals surface area contributed by atoms with E-state index in [1.807, 2.05) is 27.7 Å². The predicted octanol–water partition coefficient (Wildman–Crippen LogP) is 2.09. The number of nitrogens with one attached hydrogen (secondary N) is 2. The van der Waals surface area contributed by atoms with Crippen molar-refractivity contribution < 1.29 is 29.0 Å². The second-order valence-electron chi connectivity index (χ2n) is 10.1. The highest BCUT2D eigenvalue weighted by atomic mass is 16.5. The zero-order valence-electron chi connectivity index (χ0n) is 21.0. The summed E-state index contributed by atoms with van der Waals surface area (Å²) < 4.78 is 12.0. The number of aliphatic hydroxyl groups excluding tert-OH is 1. The van der Waals surface area contributed by atoms with E-state index in [-0.39, 0.29) is 36.9 Å². The zero-order valence-corrected chi connectivity index (χ0v) is 21.0. The Kier molecular flexibility index (Phi) is 7.11. The fourth-order valence-corrected chi connectivity index (χ4v) is 6.32. The number of fused-ring (bicyclic) bond motifs is 1. The van der Waals surface area contributed by atoms with Crippen LogP contribution in [0.5, 0.6) is 5.75 Å². The highest BCUT2D eigenvalue weighted by Gasteiger charge is 2.77. The Morgan fingerprint density at radius 1 is 1.23 bits per heavy atom. The third kappa shape index (κ3) is 4.29. The molecule has 3 saturated heterocycles. The number of anilines is 1. The van der Waals surface area contributed by atoms with E-state index < -0.39 is 29.1 Å². The quantitative estimate of drug-likeness (QED) is 0.465. The van der Waals surface area contributed by atoms with Gasteiger partial charge in [-0.05, 0) is 64.3 Å². The molecule has 6 atom stereocenters. The first-order chi connectivity index (χ1) is 16.7. The van der Waals surface area contributed by atoms with Gasteiger partial charge >= 0.3 is 0 Å². The van der Waals surface area contributed by atoms with Gasteiger partial charge in [-0.1, -0.05) is 13.3 Å². The monoisotopic (exact) mass is 487 g/mol. The number of amides is 3. The molecule has 2 bridgehead atoms. The first kappa shape index (κ1) is 25.4. The lowest BCUT2D eigenvalue weighted by atomic mass is 9.66. The lowest BCUT2D eigenvalue weighted by molar-refractivity contribution is -0.145. The molecule has 0 saturated carbocycles. The van der Waals surface area contributed by atoms with Gasteiger partial charge in [-0.15, -0.1) is 0 Å². The molecule has 35 heavy (non-hydrogen) atoms. The van der Waals surface area contributed by atoms with Gasteiger partial charge < -0.3 is 30.1 Å². The number of benzene rings is 1. The van der Waals surface area contributed by atoms with Gasteiger partial charge in [0.15, 0.2) is 0 Å². The molecule has 1 aromatic rings. The van der Waals surface area contributed by atoms with Gasteiger partial charge in [0.1, 0.15) is 17.4 Å². The maximum absolute atomic E-state index is 13.7. The van der Waals surface area contributed by atoms with Gasteiger partial charge in [-0.3, -0.25) is 14.4 Å². The molecule has 4 rings (SSSR count). The smallest absolute Gasteiger partial charge is 0.246 e. The highest BCUT2D eigenvalue weighted by molar-refractivity contribution is 6.02. The van der Waals surface area contributed by atoms with Crippen molar-refractivity contribution in [3.63, 3.8) is 0 Å². The predicted molar refractivity (Wildman–Crippen MR) is 130 cm³/mol. The number of rotatable bonds is 10. The molecular formula is C26H37N3O6. The summed E-state index contributed by atoms with van der Waals surface area (Å²) in [6, 6.07) is 6.14. The van der Waals surface area contributed by atoms with Crippen molar-refractivity contribution in [3.8, 4) is 5.75 Å². The number of carbonyl (C=O) groups is 3. The number of nitrogens with zero attached hydrogens (tertiary/aromatic N) is 1. The van der Waals surface area contributed by atoms with Crippen molar-refractivity contribution in [1.29, 1.82) is 0 Å². The van der Waals surface area contributed by atoms with Crippen LogP contribution in [0.1, 0.15) is 53.4 Å². The standard InChI is InChI=1S/C26H37N3O6/c1-5-7-16(3)27-23(32)21-26-13-12-25(4,35-26)19(20(26)24(33)29(21)14-15-30)22(31)28-17-8-10-18(11-9-17)34-6-2/h8-11,16,19-21,30H,5-7,12-15H2,1-4H3,(H,27,32)(H,28,31)/t16?,19-,20+,21?,25+,26?/m1/s1. The van der Waals surface area contributed by atoms with Crippen LogP contribution in [0.2, 0.25) is 0 Å². The summed E-state index contributed by atoms with van der Waals surface area (Å²) in [5, 5.41) is 15.6. The molecule has 3 heterocycles. The van der Waals surface area contributed by atoms with Gasteiger partial charge in [-0.25, -0.2) is 0 Å². The van der Waals surface area contributed by atoms with Gasteiger partial charge in [0, 0.05) is 18.3 Å². The number of aliphatic hydroxyl groups is 1. The summed E-state index contributed by atoms with van der Waals surface area (Å²) in [6.45, 7) is 8.04. The van der Waals surface area contributed by atoms with E-state index in [2.05, 4.69) is 10.6 Å². The topological polar surface area (TPSA) is 117 Å². The Hall–Kier alpha value is -2.65. The Labute approximate surface area is 206 Å². The average Bonchev–Trinajstić information content (AvgIpc) is 3.37. The van der Waals surface area contributed by atoms with Gasteiger partial charge in [0.2, 0.25) is 17.7 Å². The highest BCUT2D eigenvalue weighted by Crippen LogP contribution is 2.63. The maximum Gasteiger partial charge on any atom is 0.246 e. The molecule has 9 heteroatoms. The third-order valence-corrected chi connectivity index (χ3v) is 7.69. The van der Waals surface area contributed by atoms with E-state index in [1.165, 1.54) is 4.90 Å². The molecule has 9 nitrogen and oxygen atoms in total. The number of hydrogen-bond donors (Lipinski definition) is 3. The summed E-state index contributed by atoms with van der Waals surface area (Å²) in [5.74, 6) is -1.72. The summed E-state index contributed by atoms with van der Waals surface area (Å²) in [5.41, 5.74) is -1.34. The number of hydrogen-bond acceptors (Lipinski definition) is 6. The fourth-order valence-electron chi connectivity index (χ4n) is 6.32. The SMILES string of the molecule is CCCC(C)NC(=O)C1N(CCO)C(=O)[C@@H]2[C@H](C(=O)Nc3ccc(OCC)cc3)[C@]3(C)CCC12O3. The van der Waals surface area contributed by atoms with E-state index in [9.17, 15) is 19.5 Å². The van der Waals surface area contributed by atoms with Crippen LogP contribution in [0.3, 0.4) is 0 Å². The number of β-amino-alcohol motifs (C(OH)–C–C–N with tert-alkyl or cyclic N) is 1. The molecule has 1 aromatic carbocycles. The van der Waals surface area contributed by atoms with E-state index >= 15 is 0 Å². The number of ether oxygens (including phenoxy) is 2. The number of carbonyl (C=O) groups excluding carboxylic acids is 3. The molecular weight excluding hydrogens is 450 g/mol. The largest absolute Gasteiger partial charge is 0.494 e. The summed E-state index contributed by atoms with van der Waals surface area (Å²) in [6.07, 6.45) is 2.81. The molecule has 3 unspecified atom stereocenters. The molecule has 0 aliphatic carbocycles. The van der Waals surface area contributed by atoms with Crippen molar-refractivity contribution in [3.05, 3.63) is 24.3 Å². The van der Waals surface area contributed by atoms with Crippen LogP contribution in [0.4, 0.5) is 5.69 Å². The Morgan fingerprint density at radius 3 is 2.57 bits per heavy atom. The van der Waals surface area contributed by atoms with Crippen LogP contribution in [0.25, 0.3) is 0 Å². The molecule has 3 aliphatic heterocycles. The second-order valence-corrected chi connectivity index (χ2v) is 10.1. The van der Waals surface area contributed by atoms with E-state index in [0.717, 1.165) is 12.8 Å². The van der Waals surface area contributed by atoms with E-state index in [0.29, 0.717) is 30.9 Å². The van der Waals surface area contributed by atoms with Gasteiger partial charge in [-0.2, -0.15) is 0 Å². The molecule has 3 aliphatic rings. The minimum atomic E-state index is -1.09. The third-order valence-electron chi connectivity index (χ3n) is 7.69. The molecule has 0 aromatic heterocycles. The van der Waals surface area contributed by atoms with Crippen molar-refractivity contribution in [2.75, 3.05) is 25.1 Å². The first-order valence-corrected chi connectivity index (χ1v) is 12.7. The fraction of sp³-hybridized carbons (Fsp3) is 0.654. The average molecular weight is 488 g/mol. The summed E-state index contributed by atoms with van der Waals surface area (Å²) in [7, 11) is 0. The second kappa shape index (κ2) is 9.78. The summed E-state index contributed by atoms with van der Waals surface area (Å²) >= 11 is 0. The van der Waals surface area contributed by atoms with Crippen molar-refractivity contribution in [2.24, 2.45) is 11.8 Å². The molecule has 192 valence electrons.